The van der Waals surface area contributed by atoms with Crippen molar-refractivity contribution in [2.75, 3.05) is 32.6 Å². The number of unbranched alkanes of at least 4 members (excludes halogenated alkanes) is 1. The molecule has 2 atom stereocenters. The van der Waals surface area contributed by atoms with Crippen LogP contribution in [0.15, 0.2) is 27.9 Å². The Morgan fingerprint density at radius 3 is 2.79 bits per heavy atom. The molecule has 1 saturated heterocycles. The lowest BCUT2D eigenvalue weighted by atomic mass is 9.98. The molecule has 2 heterocycles. The van der Waals surface area contributed by atoms with E-state index in [1.165, 1.54) is 0 Å². The second-order valence-electron chi connectivity index (χ2n) is 8.58. The Balaban J connectivity index is 1.78. The van der Waals surface area contributed by atoms with E-state index in [1.54, 1.807) is 26.2 Å². The summed E-state index contributed by atoms with van der Waals surface area (Å²) in [6.45, 7) is 6.04. The molecule has 2 aromatic rings. The molecule has 8 nitrogen and oxygen atoms in total. The summed E-state index contributed by atoms with van der Waals surface area (Å²) >= 11 is 1.68. The molecule has 0 amide bonds. The van der Waals surface area contributed by atoms with Crippen LogP contribution in [-0.2, 0) is 0 Å². The first-order valence-corrected chi connectivity index (χ1v) is 12.9. The van der Waals surface area contributed by atoms with Gasteiger partial charge in [-0.15, -0.1) is 0 Å². The maximum atomic E-state index is 12.8. The highest BCUT2D eigenvalue weighted by atomic mass is 32.2. The van der Waals surface area contributed by atoms with Crippen molar-refractivity contribution in [2.24, 2.45) is 0 Å². The SMILES string of the molecule is CCCCC(CC)Nc1nc(C2CCCN(Sc3ccc(OC)c(OC)c3)C2)[nH]c(=O)c1C=N. The van der Waals surface area contributed by atoms with Crippen molar-refractivity contribution in [1.29, 1.82) is 5.41 Å². The largest absolute Gasteiger partial charge is 0.493 e. The lowest BCUT2D eigenvalue weighted by Gasteiger charge is -2.31. The fourth-order valence-electron chi connectivity index (χ4n) is 4.23. The monoisotopic (exact) mass is 487 g/mol. The molecule has 0 aliphatic carbocycles. The normalized spacial score (nSPS) is 17.2. The molecule has 34 heavy (non-hydrogen) atoms. The van der Waals surface area contributed by atoms with Crippen molar-refractivity contribution in [3.05, 3.63) is 39.9 Å². The molecule has 1 fully saturated rings. The highest BCUT2D eigenvalue weighted by Gasteiger charge is 2.26. The van der Waals surface area contributed by atoms with E-state index in [1.807, 2.05) is 18.2 Å². The van der Waals surface area contributed by atoms with Crippen LogP contribution in [0.4, 0.5) is 5.82 Å². The van der Waals surface area contributed by atoms with Crippen LogP contribution in [0.25, 0.3) is 0 Å². The Bertz CT molecular complexity index is 1010. The maximum Gasteiger partial charge on any atom is 0.261 e. The molecular weight excluding hydrogens is 450 g/mol. The number of hydrogen-bond acceptors (Lipinski definition) is 8. The van der Waals surface area contributed by atoms with Gasteiger partial charge in [-0.2, -0.15) is 0 Å². The molecule has 1 aromatic heterocycles. The first kappa shape index (κ1) is 26.1. The Hall–Kier alpha value is -2.52. The molecule has 186 valence electrons. The highest BCUT2D eigenvalue weighted by Crippen LogP contribution is 2.36. The van der Waals surface area contributed by atoms with Crippen molar-refractivity contribution in [3.63, 3.8) is 0 Å². The standard InChI is InChI=1S/C25H37N5O3S/c1-5-7-10-18(6-2)27-24-20(15-26)25(31)29-23(28-24)17-9-8-13-30(16-17)34-19-11-12-21(32-3)22(14-19)33-4/h11-12,14-15,17-18,26H,5-10,13,16H2,1-4H3,(H2,27,28,29,31). The third-order valence-corrected chi connectivity index (χ3v) is 7.27. The predicted molar refractivity (Wildman–Crippen MR) is 139 cm³/mol. The van der Waals surface area contributed by atoms with Gasteiger partial charge in [0.15, 0.2) is 11.5 Å². The van der Waals surface area contributed by atoms with E-state index >= 15 is 0 Å². The smallest absolute Gasteiger partial charge is 0.261 e. The van der Waals surface area contributed by atoms with Gasteiger partial charge in [0.2, 0.25) is 0 Å². The van der Waals surface area contributed by atoms with Crippen molar-refractivity contribution in [2.45, 2.75) is 69.2 Å². The van der Waals surface area contributed by atoms with Crippen molar-refractivity contribution in [1.82, 2.24) is 14.3 Å². The zero-order valence-corrected chi connectivity index (χ0v) is 21.5. The summed E-state index contributed by atoms with van der Waals surface area (Å²) in [5.41, 5.74) is 0.0450. The van der Waals surface area contributed by atoms with Crippen molar-refractivity contribution in [3.8, 4) is 11.5 Å². The molecule has 9 heteroatoms. The van der Waals surface area contributed by atoms with Crippen LogP contribution in [0, 0.1) is 5.41 Å². The van der Waals surface area contributed by atoms with Gasteiger partial charge in [0, 0.05) is 36.2 Å². The summed E-state index contributed by atoms with van der Waals surface area (Å²) in [6, 6.07) is 6.16. The van der Waals surface area contributed by atoms with E-state index in [9.17, 15) is 4.79 Å². The van der Waals surface area contributed by atoms with Crippen LogP contribution in [0.2, 0.25) is 0 Å². The van der Waals surface area contributed by atoms with Crippen LogP contribution in [-0.4, -0.2) is 53.8 Å². The molecular formula is C25H37N5O3S. The zero-order valence-electron chi connectivity index (χ0n) is 20.6. The number of rotatable bonds is 12. The second-order valence-corrected chi connectivity index (χ2v) is 9.76. The topological polar surface area (TPSA) is 103 Å². The van der Waals surface area contributed by atoms with Gasteiger partial charge in [0.1, 0.15) is 11.6 Å². The first-order valence-electron chi connectivity index (χ1n) is 12.1. The summed E-state index contributed by atoms with van der Waals surface area (Å²) < 4.78 is 13.1. The van der Waals surface area contributed by atoms with Crippen LogP contribution in [0.5, 0.6) is 11.5 Å². The number of hydrogen-bond donors (Lipinski definition) is 3. The summed E-state index contributed by atoms with van der Waals surface area (Å²) in [4.78, 5) is 21.6. The van der Waals surface area contributed by atoms with Gasteiger partial charge in [-0.1, -0.05) is 26.7 Å². The third kappa shape index (κ3) is 6.54. The Morgan fingerprint density at radius 1 is 1.32 bits per heavy atom. The quantitative estimate of drug-likeness (QED) is 0.284. The van der Waals surface area contributed by atoms with Crippen LogP contribution < -0.4 is 20.3 Å². The average molecular weight is 488 g/mol. The van der Waals surface area contributed by atoms with Gasteiger partial charge < -0.3 is 25.2 Å². The number of methoxy groups -OCH3 is 2. The second kappa shape index (κ2) is 12.8. The Kier molecular flexibility index (Phi) is 9.83. The van der Waals surface area contributed by atoms with Gasteiger partial charge in [0.05, 0.1) is 19.8 Å². The lowest BCUT2D eigenvalue weighted by Crippen LogP contribution is -2.32. The molecule has 0 spiro atoms. The average Bonchev–Trinajstić information content (AvgIpc) is 2.86. The number of H-pyrrole nitrogens is 1. The van der Waals surface area contributed by atoms with Crippen molar-refractivity contribution >= 4 is 24.0 Å². The van der Waals surface area contributed by atoms with Gasteiger partial charge >= 0.3 is 0 Å². The number of piperidine rings is 1. The summed E-state index contributed by atoms with van der Waals surface area (Å²) in [7, 11) is 3.27. The molecule has 1 aliphatic heterocycles. The van der Waals surface area contributed by atoms with E-state index in [4.69, 9.17) is 19.9 Å². The minimum absolute atomic E-state index is 0.116. The molecule has 0 radical (unpaired) electrons. The molecule has 1 aromatic carbocycles. The number of ether oxygens (including phenoxy) is 2. The molecule has 0 saturated carbocycles. The van der Waals surface area contributed by atoms with Gasteiger partial charge in [-0.05, 0) is 55.8 Å². The van der Waals surface area contributed by atoms with Crippen molar-refractivity contribution < 1.29 is 9.47 Å². The third-order valence-electron chi connectivity index (χ3n) is 6.22. The molecule has 2 unspecified atom stereocenters. The lowest BCUT2D eigenvalue weighted by molar-refractivity contribution is 0.333. The number of benzene rings is 1. The van der Waals surface area contributed by atoms with Gasteiger partial charge in [-0.3, -0.25) is 4.79 Å². The molecule has 3 rings (SSSR count). The Labute approximate surface area is 206 Å². The van der Waals surface area contributed by atoms with Gasteiger partial charge in [-0.25, -0.2) is 9.29 Å². The maximum absolute atomic E-state index is 12.8. The zero-order chi connectivity index (χ0) is 24.5. The molecule has 0 bridgehead atoms. The number of aromatic nitrogens is 2. The number of anilines is 1. The number of nitrogens with zero attached hydrogens (tertiary/aromatic N) is 2. The van der Waals surface area contributed by atoms with Crippen LogP contribution >= 0.6 is 11.9 Å². The minimum atomic E-state index is -0.252. The highest BCUT2D eigenvalue weighted by molar-refractivity contribution is 7.97. The van der Waals surface area contributed by atoms with E-state index in [0.29, 0.717) is 28.7 Å². The van der Waals surface area contributed by atoms with E-state index in [0.717, 1.165) is 62.7 Å². The summed E-state index contributed by atoms with van der Waals surface area (Å²) in [6.07, 6.45) is 7.28. The number of aromatic amines is 1. The van der Waals surface area contributed by atoms with Crippen LogP contribution in [0.1, 0.15) is 69.7 Å². The predicted octanol–water partition coefficient (Wildman–Crippen LogP) is 5.05. The molecule has 3 N–H and O–H groups in total. The Morgan fingerprint density at radius 2 is 2.12 bits per heavy atom. The first-order chi connectivity index (χ1) is 16.5. The number of nitrogens with one attached hydrogen (secondary N) is 3. The summed E-state index contributed by atoms with van der Waals surface area (Å²) in [5, 5.41) is 11.2. The minimum Gasteiger partial charge on any atom is -0.493 e. The molecule has 1 aliphatic rings. The fraction of sp³-hybridized carbons (Fsp3) is 0.560. The van der Waals surface area contributed by atoms with Gasteiger partial charge in [0.25, 0.3) is 5.56 Å². The fourth-order valence-corrected chi connectivity index (χ4v) is 5.29. The van der Waals surface area contributed by atoms with E-state index < -0.39 is 0 Å². The summed E-state index contributed by atoms with van der Waals surface area (Å²) in [5.74, 6) is 2.76. The van der Waals surface area contributed by atoms with Crippen LogP contribution in [0.3, 0.4) is 0 Å². The van der Waals surface area contributed by atoms with E-state index in [-0.39, 0.29) is 17.5 Å². The van der Waals surface area contributed by atoms with E-state index in [2.05, 4.69) is 28.5 Å².